The summed E-state index contributed by atoms with van der Waals surface area (Å²) in [7, 11) is -2.18. The summed E-state index contributed by atoms with van der Waals surface area (Å²) in [6.45, 7) is 0. The molecule has 0 aliphatic rings. The predicted molar refractivity (Wildman–Crippen MR) is 23.6 cm³/mol. The van der Waals surface area contributed by atoms with E-state index in [1.54, 1.807) is 0 Å². The SMILES string of the molecule is O=[N+]([O-])O[SiH2][N+](=O)[O-].[Ru]. The molecule has 0 spiro atoms. The standard InChI is InChI=1S/H2N2O5Si.Ru/c3-1(4)7-8-2(5)6;/h8H2;. The maximum Gasteiger partial charge on any atom is 0.580 e. The molecule has 0 unspecified atom stereocenters. The maximum atomic E-state index is 9.34. The first kappa shape index (κ1) is 11.3. The van der Waals surface area contributed by atoms with Crippen molar-refractivity contribution in [3.8, 4) is 0 Å². The maximum absolute atomic E-state index is 9.34. The Kier molecular flexibility index (Phi) is 6.98. The molecule has 0 aromatic heterocycles. The van der Waals surface area contributed by atoms with Crippen LogP contribution in [0.4, 0.5) is 0 Å². The van der Waals surface area contributed by atoms with Crippen molar-refractivity contribution in [2.24, 2.45) is 0 Å². The van der Waals surface area contributed by atoms with E-state index in [2.05, 4.69) is 4.53 Å². The van der Waals surface area contributed by atoms with Crippen LogP contribution in [0, 0.1) is 20.2 Å². The fraction of sp³-hybridized carbons (Fsp3) is 0. The van der Waals surface area contributed by atoms with E-state index in [-0.39, 0.29) is 19.5 Å². The Bertz CT molecular complexity index is 99.5. The first-order valence-corrected chi connectivity index (χ1v) is 2.73. The molecular weight excluding hydrogens is 237 g/mol. The molecule has 54 valence electrons. The van der Waals surface area contributed by atoms with Gasteiger partial charge in [-0.15, -0.1) is 10.1 Å². The summed E-state index contributed by atoms with van der Waals surface area (Å²) in [4.78, 5) is 18.6. The molecule has 7 nitrogen and oxygen atoms in total. The van der Waals surface area contributed by atoms with Crippen LogP contribution in [0.5, 0.6) is 0 Å². The molecule has 0 bridgehead atoms. The van der Waals surface area contributed by atoms with Crippen LogP contribution < -0.4 is 0 Å². The number of nitro groups is 1. The molecule has 0 heterocycles. The van der Waals surface area contributed by atoms with Crippen LogP contribution in [0.25, 0.3) is 0 Å². The quantitative estimate of drug-likeness (QED) is 0.338. The topological polar surface area (TPSA) is 95.5 Å². The number of rotatable bonds is 3. The normalized spacial score (nSPS) is 8.44. The van der Waals surface area contributed by atoms with Crippen LogP contribution >= 0.6 is 0 Å². The largest absolute Gasteiger partial charge is 0.580 e. The van der Waals surface area contributed by atoms with Crippen molar-refractivity contribution < 1.29 is 33.7 Å². The van der Waals surface area contributed by atoms with Gasteiger partial charge in [0.2, 0.25) is 0 Å². The molecule has 0 aromatic rings. The minimum atomic E-state index is -2.18. The molecule has 0 saturated heterocycles. The molecule has 0 atom stereocenters. The van der Waals surface area contributed by atoms with Crippen LogP contribution in [0.2, 0.25) is 0 Å². The van der Waals surface area contributed by atoms with Crippen molar-refractivity contribution >= 4 is 9.92 Å². The fourth-order valence-electron chi connectivity index (χ4n) is 0.0943. The fourth-order valence-corrected chi connectivity index (χ4v) is 0.283. The van der Waals surface area contributed by atoms with E-state index < -0.39 is 19.6 Å². The third kappa shape index (κ3) is 11.2. The van der Waals surface area contributed by atoms with Crippen molar-refractivity contribution in [1.29, 1.82) is 0 Å². The zero-order chi connectivity index (χ0) is 6.57. The minimum absolute atomic E-state index is 0. The molecule has 0 saturated carbocycles. The molecule has 0 rings (SSSR count). The molecule has 9 heteroatoms. The second-order valence-electron chi connectivity index (χ2n) is 0.815. The van der Waals surface area contributed by atoms with E-state index in [4.69, 9.17) is 0 Å². The number of hydrogen-bond acceptors (Lipinski definition) is 5. The first-order valence-electron chi connectivity index (χ1n) is 1.52. The zero-order valence-corrected chi connectivity index (χ0v) is 7.15. The summed E-state index contributed by atoms with van der Waals surface area (Å²) in [5, 5.41) is 17.4. The van der Waals surface area contributed by atoms with Crippen molar-refractivity contribution in [2.75, 3.05) is 0 Å². The summed E-state index contributed by atoms with van der Waals surface area (Å²) in [5.41, 5.74) is 0. The molecular formula is H2N2O5RuSi. The van der Waals surface area contributed by atoms with E-state index >= 15 is 0 Å². The Morgan fingerprint density at radius 2 is 1.78 bits per heavy atom. The summed E-state index contributed by atoms with van der Waals surface area (Å²) in [5.74, 6) is 0. The second kappa shape index (κ2) is 5.57. The summed E-state index contributed by atoms with van der Waals surface area (Å²) in [6.07, 6.45) is 0. The smallest absolute Gasteiger partial charge is 0.288 e. The van der Waals surface area contributed by atoms with E-state index in [0.29, 0.717) is 0 Å². The molecule has 9 heavy (non-hydrogen) atoms. The van der Waals surface area contributed by atoms with Gasteiger partial charge in [0.25, 0.3) is 5.09 Å². The van der Waals surface area contributed by atoms with Gasteiger partial charge < -0.3 is 0 Å². The zero-order valence-electron chi connectivity index (χ0n) is 4.00. The molecule has 0 fully saturated rings. The van der Waals surface area contributed by atoms with Gasteiger partial charge >= 0.3 is 9.92 Å². The Hall–Kier alpha value is -0.560. The van der Waals surface area contributed by atoms with E-state index in [1.807, 2.05) is 0 Å². The Labute approximate surface area is 64.4 Å². The monoisotopic (exact) mass is 240 g/mol. The summed E-state index contributed by atoms with van der Waals surface area (Å²) in [6, 6.07) is 0. The van der Waals surface area contributed by atoms with Gasteiger partial charge in [-0.05, 0) is 4.59 Å². The van der Waals surface area contributed by atoms with Gasteiger partial charge in [0, 0.05) is 19.5 Å². The van der Waals surface area contributed by atoms with Crippen LogP contribution in [-0.2, 0) is 24.0 Å². The molecule has 0 amide bonds. The Morgan fingerprint density at radius 1 is 1.33 bits per heavy atom. The van der Waals surface area contributed by atoms with Gasteiger partial charge in [0.1, 0.15) is 0 Å². The molecule has 0 aliphatic heterocycles. The second-order valence-corrected chi connectivity index (χ2v) is 1.85. The van der Waals surface area contributed by atoms with Crippen molar-refractivity contribution in [3.05, 3.63) is 20.2 Å². The Balaban J connectivity index is 0. The molecule has 0 radical (unpaired) electrons. The average molecular weight is 239 g/mol. The third-order valence-corrected chi connectivity index (χ3v) is 0.806. The van der Waals surface area contributed by atoms with E-state index in [1.165, 1.54) is 0 Å². The predicted octanol–water partition coefficient (Wildman–Crippen LogP) is -1.53. The van der Waals surface area contributed by atoms with Gasteiger partial charge in [0.15, 0.2) is 0 Å². The first-order chi connectivity index (χ1) is 3.63. The summed E-state index contributed by atoms with van der Waals surface area (Å²) >= 11 is 0. The van der Waals surface area contributed by atoms with Gasteiger partial charge in [0.05, 0.1) is 0 Å². The van der Waals surface area contributed by atoms with Crippen molar-refractivity contribution in [3.63, 3.8) is 0 Å². The Morgan fingerprint density at radius 3 is 1.89 bits per heavy atom. The molecule has 0 aliphatic carbocycles. The summed E-state index contributed by atoms with van der Waals surface area (Å²) < 4.78 is 2.66. The van der Waals surface area contributed by atoms with Gasteiger partial charge in [-0.1, -0.05) is 0 Å². The van der Waals surface area contributed by atoms with Gasteiger partial charge in [-0.3, -0.25) is 14.6 Å². The van der Waals surface area contributed by atoms with E-state index in [9.17, 15) is 20.2 Å². The number of hydrogen-bond donors (Lipinski definition) is 0. The molecule has 0 aromatic carbocycles. The van der Waals surface area contributed by atoms with Crippen LogP contribution in [0.15, 0.2) is 0 Å². The third-order valence-electron chi connectivity index (χ3n) is 0.269. The van der Waals surface area contributed by atoms with Gasteiger partial charge in [-0.2, -0.15) is 0 Å². The van der Waals surface area contributed by atoms with Crippen molar-refractivity contribution in [1.82, 2.24) is 0 Å². The number of nitrogens with zero attached hydrogens (tertiary/aromatic N) is 2. The van der Waals surface area contributed by atoms with Crippen LogP contribution in [-0.4, -0.2) is 19.6 Å². The molecule has 0 N–H and O–H groups in total. The van der Waals surface area contributed by atoms with Crippen LogP contribution in [0.1, 0.15) is 0 Å². The average Bonchev–Trinajstić information content (AvgIpc) is 1.61. The van der Waals surface area contributed by atoms with Crippen molar-refractivity contribution in [2.45, 2.75) is 0 Å². The van der Waals surface area contributed by atoms with Gasteiger partial charge in [-0.25, -0.2) is 0 Å². The minimum Gasteiger partial charge on any atom is -0.288 e. The van der Waals surface area contributed by atoms with Crippen LogP contribution in [0.3, 0.4) is 0 Å². The van der Waals surface area contributed by atoms with E-state index in [0.717, 1.165) is 0 Å².